The van der Waals surface area contributed by atoms with Gasteiger partial charge in [-0.25, -0.2) is 8.42 Å². The molecule has 0 N–H and O–H groups in total. The molecule has 3 aromatic rings. The number of sulfonamides is 1. The second-order valence-corrected chi connectivity index (χ2v) is 8.84. The predicted octanol–water partition coefficient (Wildman–Crippen LogP) is 2.07. The molecule has 9 nitrogen and oxygen atoms in total. The Hall–Kier alpha value is -3.24. The molecule has 0 amide bonds. The number of nitrogens with zero attached hydrogens (tertiary/aromatic N) is 5. The van der Waals surface area contributed by atoms with Gasteiger partial charge in [-0.3, -0.25) is 4.98 Å². The molecule has 0 bridgehead atoms. The van der Waals surface area contributed by atoms with Gasteiger partial charge in [-0.1, -0.05) is 6.07 Å². The topological polar surface area (TPSA) is 97.8 Å². The molecule has 162 valence electrons. The third-order valence-electron chi connectivity index (χ3n) is 5.13. The molecule has 0 radical (unpaired) electrons. The van der Waals surface area contributed by atoms with Crippen LogP contribution in [0.3, 0.4) is 0 Å². The van der Waals surface area contributed by atoms with E-state index < -0.39 is 10.0 Å². The molecule has 1 saturated heterocycles. The van der Waals surface area contributed by atoms with Crippen molar-refractivity contribution in [2.75, 3.05) is 45.3 Å². The van der Waals surface area contributed by atoms with Crippen molar-refractivity contribution in [3.05, 3.63) is 54.7 Å². The highest BCUT2D eigenvalue weighted by Gasteiger charge is 2.29. The molecule has 3 heterocycles. The van der Waals surface area contributed by atoms with Crippen molar-refractivity contribution < 1.29 is 17.9 Å². The van der Waals surface area contributed by atoms with E-state index in [0.717, 1.165) is 5.69 Å². The van der Waals surface area contributed by atoms with Crippen molar-refractivity contribution in [1.29, 1.82) is 0 Å². The van der Waals surface area contributed by atoms with Gasteiger partial charge in [0.15, 0.2) is 17.3 Å². The minimum absolute atomic E-state index is 0.179. The second-order valence-electron chi connectivity index (χ2n) is 6.90. The van der Waals surface area contributed by atoms with Crippen LogP contribution in [0, 0.1) is 0 Å². The fourth-order valence-corrected chi connectivity index (χ4v) is 4.87. The lowest BCUT2D eigenvalue weighted by Gasteiger charge is -2.34. The number of benzene rings is 1. The molecule has 1 fully saturated rings. The molecular weight excluding hydrogens is 418 g/mol. The van der Waals surface area contributed by atoms with Crippen LogP contribution in [0.5, 0.6) is 11.5 Å². The van der Waals surface area contributed by atoms with Gasteiger partial charge in [-0.2, -0.15) is 4.31 Å². The highest BCUT2D eigenvalue weighted by atomic mass is 32.2. The van der Waals surface area contributed by atoms with Gasteiger partial charge in [-0.15, -0.1) is 10.2 Å². The highest BCUT2D eigenvalue weighted by molar-refractivity contribution is 7.89. The number of pyridine rings is 1. The Kier molecular flexibility index (Phi) is 6.01. The molecule has 2 aromatic heterocycles. The molecule has 4 rings (SSSR count). The minimum Gasteiger partial charge on any atom is -0.493 e. The first-order chi connectivity index (χ1) is 15.0. The van der Waals surface area contributed by atoms with E-state index in [1.54, 1.807) is 12.3 Å². The monoisotopic (exact) mass is 441 g/mol. The van der Waals surface area contributed by atoms with Crippen LogP contribution in [0.4, 0.5) is 5.82 Å². The fraction of sp³-hybridized carbons (Fsp3) is 0.286. The molecule has 1 aliphatic heterocycles. The maximum absolute atomic E-state index is 13.1. The summed E-state index contributed by atoms with van der Waals surface area (Å²) in [4.78, 5) is 6.48. The largest absolute Gasteiger partial charge is 0.493 e. The smallest absolute Gasteiger partial charge is 0.243 e. The van der Waals surface area contributed by atoms with Crippen molar-refractivity contribution in [1.82, 2.24) is 19.5 Å². The van der Waals surface area contributed by atoms with Gasteiger partial charge in [0.2, 0.25) is 10.0 Å². The van der Waals surface area contributed by atoms with Crippen molar-refractivity contribution in [2.24, 2.45) is 0 Å². The van der Waals surface area contributed by atoms with Crippen LogP contribution in [0.15, 0.2) is 59.6 Å². The molecule has 10 heteroatoms. The quantitative estimate of drug-likeness (QED) is 0.573. The third-order valence-corrected chi connectivity index (χ3v) is 7.03. The van der Waals surface area contributed by atoms with Gasteiger partial charge in [0.1, 0.15) is 5.69 Å². The maximum Gasteiger partial charge on any atom is 0.243 e. The van der Waals surface area contributed by atoms with E-state index in [-0.39, 0.29) is 4.90 Å². The zero-order valence-corrected chi connectivity index (χ0v) is 18.1. The van der Waals surface area contributed by atoms with Gasteiger partial charge in [0.25, 0.3) is 0 Å². The minimum atomic E-state index is -3.64. The van der Waals surface area contributed by atoms with Crippen molar-refractivity contribution in [3.63, 3.8) is 0 Å². The lowest BCUT2D eigenvalue weighted by molar-refractivity contribution is 0.353. The van der Waals surface area contributed by atoms with E-state index in [0.29, 0.717) is 49.2 Å². The normalized spacial score (nSPS) is 15.0. The lowest BCUT2D eigenvalue weighted by atomic mass is 10.2. The van der Waals surface area contributed by atoms with Crippen LogP contribution in [-0.4, -0.2) is 68.3 Å². The van der Waals surface area contributed by atoms with Crippen LogP contribution < -0.4 is 14.4 Å². The summed E-state index contributed by atoms with van der Waals surface area (Å²) in [5.41, 5.74) is 1.45. The average molecular weight is 442 g/mol. The Balaban J connectivity index is 1.44. The van der Waals surface area contributed by atoms with Gasteiger partial charge < -0.3 is 14.4 Å². The molecular formula is C21H23N5O4S. The Labute approximate surface area is 181 Å². The van der Waals surface area contributed by atoms with E-state index >= 15 is 0 Å². The third kappa shape index (κ3) is 4.30. The number of rotatable bonds is 6. The van der Waals surface area contributed by atoms with Crippen molar-refractivity contribution >= 4 is 15.8 Å². The number of methoxy groups -OCH3 is 2. The van der Waals surface area contributed by atoms with Gasteiger partial charge >= 0.3 is 0 Å². The standard InChI is InChI=1S/C21H23N5O4S/c1-29-19-8-6-16(15-20(19)30-2)31(27,28)26-13-11-25(12-14-26)21-9-7-18(23-24-21)17-5-3-4-10-22-17/h3-10,15H,11-14H2,1-2H3. The molecule has 0 aliphatic carbocycles. The number of hydrogen-bond donors (Lipinski definition) is 0. The van der Waals surface area contributed by atoms with Crippen molar-refractivity contribution in [3.8, 4) is 22.9 Å². The number of hydrogen-bond acceptors (Lipinski definition) is 8. The molecule has 0 saturated carbocycles. The van der Waals surface area contributed by atoms with Crippen LogP contribution in [0.2, 0.25) is 0 Å². The summed E-state index contributed by atoms with van der Waals surface area (Å²) in [6.07, 6.45) is 1.71. The molecule has 1 aromatic carbocycles. The number of piperazine rings is 1. The molecule has 0 spiro atoms. The van der Waals surface area contributed by atoms with Gasteiger partial charge in [-0.05, 0) is 36.4 Å². The summed E-state index contributed by atoms with van der Waals surface area (Å²) in [6, 6.07) is 14.0. The summed E-state index contributed by atoms with van der Waals surface area (Å²) in [5, 5.41) is 8.57. The van der Waals surface area contributed by atoms with Gasteiger partial charge in [0.05, 0.1) is 24.8 Å². The Morgan fingerprint density at radius 2 is 1.61 bits per heavy atom. The summed E-state index contributed by atoms with van der Waals surface area (Å²) < 4.78 is 38.1. The first-order valence-electron chi connectivity index (χ1n) is 9.75. The molecule has 31 heavy (non-hydrogen) atoms. The Morgan fingerprint density at radius 1 is 0.839 bits per heavy atom. The molecule has 0 unspecified atom stereocenters. The van der Waals surface area contributed by atoms with Crippen LogP contribution in [0.25, 0.3) is 11.4 Å². The fourth-order valence-electron chi connectivity index (χ4n) is 3.43. The van der Waals surface area contributed by atoms with Crippen LogP contribution >= 0.6 is 0 Å². The highest BCUT2D eigenvalue weighted by Crippen LogP contribution is 2.31. The number of aromatic nitrogens is 3. The number of anilines is 1. The Bertz CT molecular complexity index is 1130. The van der Waals surface area contributed by atoms with E-state index in [1.165, 1.54) is 30.7 Å². The zero-order chi connectivity index (χ0) is 21.8. The van der Waals surface area contributed by atoms with E-state index in [1.807, 2.05) is 35.2 Å². The maximum atomic E-state index is 13.1. The van der Waals surface area contributed by atoms with E-state index in [4.69, 9.17) is 9.47 Å². The van der Waals surface area contributed by atoms with E-state index in [9.17, 15) is 8.42 Å². The van der Waals surface area contributed by atoms with Crippen LogP contribution in [-0.2, 0) is 10.0 Å². The van der Waals surface area contributed by atoms with Gasteiger partial charge in [0, 0.05) is 38.4 Å². The lowest BCUT2D eigenvalue weighted by Crippen LogP contribution is -2.49. The Morgan fingerprint density at radius 3 is 2.23 bits per heavy atom. The second kappa shape index (κ2) is 8.86. The van der Waals surface area contributed by atoms with Crippen molar-refractivity contribution in [2.45, 2.75) is 4.90 Å². The first-order valence-corrected chi connectivity index (χ1v) is 11.2. The molecule has 1 aliphatic rings. The zero-order valence-electron chi connectivity index (χ0n) is 17.3. The summed E-state index contributed by atoms with van der Waals surface area (Å²) in [5.74, 6) is 1.58. The summed E-state index contributed by atoms with van der Waals surface area (Å²) in [7, 11) is -0.651. The predicted molar refractivity (Wildman–Crippen MR) is 116 cm³/mol. The molecule has 0 atom stereocenters. The summed E-state index contributed by atoms with van der Waals surface area (Å²) >= 11 is 0. The SMILES string of the molecule is COc1ccc(S(=O)(=O)N2CCN(c3ccc(-c4ccccn4)nn3)CC2)cc1OC. The van der Waals surface area contributed by atoms with E-state index in [2.05, 4.69) is 15.2 Å². The average Bonchev–Trinajstić information content (AvgIpc) is 2.84. The summed E-state index contributed by atoms with van der Waals surface area (Å²) in [6.45, 7) is 1.73. The van der Waals surface area contributed by atoms with Crippen LogP contribution in [0.1, 0.15) is 0 Å². The first kappa shape index (κ1) is 21.0. The number of ether oxygens (including phenoxy) is 2.